The number of hydrogen-bond acceptors (Lipinski definition) is 8. The van der Waals surface area contributed by atoms with Crippen LogP contribution >= 0.6 is 0 Å². The Labute approximate surface area is 292 Å². The van der Waals surface area contributed by atoms with Gasteiger partial charge in [0.1, 0.15) is 11.5 Å². The maximum Gasteiger partial charge on any atom is 0.269 e. The van der Waals surface area contributed by atoms with Gasteiger partial charge in [-0.3, -0.25) is 19.2 Å². The Bertz CT molecular complexity index is 1920. The SMILES string of the molecule is C=CCN1C(=O)[C@@]2(O[C@@H](CCn3cc(CCO)nn3)[C@H](C(C)(C)c3ccc(OC)cc3)[C@H]2C)c2cc(N3C(=O)COc4ccccc43)ccc21. The van der Waals surface area contributed by atoms with E-state index >= 15 is 0 Å². The van der Waals surface area contributed by atoms with Gasteiger partial charge in [-0.25, -0.2) is 0 Å². The van der Waals surface area contributed by atoms with E-state index in [1.165, 1.54) is 0 Å². The van der Waals surface area contributed by atoms with Crippen LogP contribution in [0.4, 0.5) is 17.1 Å². The number of para-hydroxylation sites is 2. The van der Waals surface area contributed by atoms with Crippen LogP contribution in [0.5, 0.6) is 11.5 Å². The maximum atomic E-state index is 14.9. The molecule has 11 nitrogen and oxygen atoms in total. The number of aliphatic hydroxyl groups excluding tert-OH is 1. The quantitative estimate of drug-likeness (QED) is 0.212. The minimum Gasteiger partial charge on any atom is -0.497 e. The number of ether oxygens (including phenoxy) is 3. The van der Waals surface area contributed by atoms with Gasteiger partial charge < -0.3 is 24.2 Å². The number of carbonyl (C=O) groups is 2. The first-order valence-electron chi connectivity index (χ1n) is 17.1. The number of aromatic nitrogens is 3. The van der Waals surface area contributed by atoms with E-state index in [-0.39, 0.29) is 43.0 Å². The van der Waals surface area contributed by atoms with E-state index in [4.69, 9.17) is 14.2 Å². The molecule has 4 aromatic rings. The molecule has 3 aromatic carbocycles. The summed E-state index contributed by atoms with van der Waals surface area (Å²) in [7, 11) is 1.65. The fourth-order valence-electron chi connectivity index (χ4n) is 8.34. The van der Waals surface area contributed by atoms with E-state index in [9.17, 15) is 14.7 Å². The highest BCUT2D eigenvalue weighted by Gasteiger charge is 2.66. The number of fused-ring (bicyclic) bond motifs is 3. The number of aliphatic hydroxyl groups is 1. The second kappa shape index (κ2) is 13.0. The molecular weight excluding hydrogens is 634 g/mol. The number of carbonyl (C=O) groups excluding carboxylic acids is 2. The number of aryl methyl sites for hydroxylation is 1. The molecule has 0 bridgehead atoms. The number of methoxy groups -OCH3 is 1. The van der Waals surface area contributed by atoms with Gasteiger partial charge in [-0.15, -0.1) is 11.7 Å². The first kappa shape index (κ1) is 33.5. The largest absolute Gasteiger partial charge is 0.497 e. The molecule has 3 aliphatic rings. The smallest absolute Gasteiger partial charge is 0.269 e. The van der Waals surface area contributed by atoms with Crippen LogP contribution in [0.2, 0.25) is 0 Å². The van der Waals surface area contributed by atoms with Crippen molar-refractivity contribution in [2.45, 2.75) is 57.3 Å². The predicted molar refractivity (Wildman–Crippen MR) is 189 cm³/mol. The second-order valence-electron chi connectivity index (χ2n) is 13.8. The van der Waals surface area contributed by atoms with Crippen molar-refractivity contribution in [2.75, 3.05) is 36.7 Å². The van der Waals surface area contributed by atoms with Crippen LogP contribution in [0, 0.1) is 11.8 Å². The molecule has 0 aliphatic carbocycles. The molecule has 1 fully saturated rings. The van der Waals surface area contributed by atoms with Crippen molar-refractivity contribution < 1.29 is 28.9 Å². The van der Waals surface area contributed by atoms with Crippen molar-refractivity contribution in [1.29, 1.82) is 0 Å². The summed E-state index contributed by atoms with van der Waals surface area (Å²) in [6, 6.07) is 21.3. The van der Waals surface area contributed by atoms with Crippen molar-refractivity contribution in [3.63, 3.8) is 0 Å². The lowest BCUT2D eigenvalue weighted by atomic mass is 9.63. The van der Waals surface area contributed by atoms with Gasteiger partial charge in [0, 0.05) is 55.4 Å². The van der Waals surface area contributed by atoms with Crippen LogP contribution < -0.4 is 19.3 Å². The van der Waals surface area contributed by atoms with Crippen molar-refractivity contribution in [3.8, 4) is 11.5 Å². The van der Waals surface area contributed by atoms with E-state index < -0.39 is 11.0 Å². The van der Waals surface area contributed by atoms with Crippen molar-refractivity contribution >= 4 is 28.9 Å². The number of hydrogen-bond donors (Lipinski definition) is 1. The molecule has 1 saturated heterocycles. The predicted octanol–water partition coefficient (Wildman–Crippen LogP) is 5.33. The van der Waals surface area contributed by atoms with Gasteiger partial charge in [-0.2, -0.15) is 0 Å². The maximum absolute atomic E-state index is 14.9. The van der Waals surface area contributed by atoms with E-state index in [0.29, 0.717) is 48.7 Å². The summed E-state index contributed by atoms with van der Waals surface area (Å²) < 4.78 is 20.2. The molecule has 0 radical (unpaired) electrons. The fraction of sp³-hybridized carbons (Fsp3) is 0.385. The van der Waals surface area contributed by atoms with Gasteiger partial charge in [-0.05, 0) is 59.9 Å². The lowest BCUT2D eigenvalue weighted by molar-refractivity contribution is -0.146. The first-order valence-corrected chi connectivity index (χ1v) is 17.1. The average Bonchev–Trinajstić information content (AvgIpc) is 3.77. The summed E-state index contributed by atoms with van der Waals surface area (Å²) in [6.07, 6.45) is 4.20. The van der Waals surface area contributed by atoms with Gasteiger partial charge in [0.25, 0.3) is 11.8 Å². The van der Waals surface area contributed by atoms with Crippen LogP contribution in [-0.4, -0.2) is 64.9 Å². The highest BCUT2D eigenvalue weighted by Crippen LogP contribution is 2.60. The van der Waals surface area contributed by atoms with Gasteiger partial charge >= 0.3 is 0 Å². The molecule has 4 atom stereocenters. The van der Waals surface area contributed by atoms with E-state index in [2.05, 4.69) is 49.8 Å². The van der Waals surface area contributed by atoms with Crippen LogP contribution in [0.25, 0.3) is 0 Å². The Balaban J connectivity index is 1.34. The zero-order valence-corrected chi connectivity index (χ0v) is 28.9. The third kappa shape index (κ3) is 5.36. The monoisotopic (exact) mass is 677 g/mol. The van der Waals surface area contributed by atoms with E-state index in [1.807, 2.05) is 60.8 Å². The zero-order chi connectivity index (χ0) is 35.2. The Morgan fingerprint density at radius 1 is 1.10 bits per heavy atom. The average molecular weight is 678 g/mol. The fourth-order valence-corrected chi connectivity index (χ4v) is 8.34. The standard InChI is InChI=1S/C39H43N5O6/c1-6-19-43-31-16-13-28(44-32-9-7-8-10-33(32)49-24-35(44)46)22-30(31)39(37(43)47)25(2)36(38(3,4)26-11-14-29(48-5)15-12-26)34(50-39)17-20-42-23-27(18-21-45)40-41-42/h6-16,22-23,25,34,36,45H,1,17-21,24H2,2-5H3/t25-,34+,36-,39+/m1/s1. The Hall–Kier alpha value is -5.00. The molecule has 4 heterocycles. The Kier molecular flexibility index (Phi) is 8.73. The van der Waals surface area contributed by atoms with Crippen LogP contribution in [0.15, 0.2) is 85.6 Å². The molecule has 0 saturated carbocycles. The highest BCUT2D eigenvalue weighted by molar-refractivity contribution is 6.10. The summed E-state index contributed by atoms with van der Waals surface area (Å²) in [5.74, 6) is 0.643. The highest BCUT2D eigenvalue weighted by atomic mass is 16.5. The number of rotatable bonds is 11. The molecule has 50 heavy (non-hydrogen) atoms. The van der Waals surface area contributed by atoms with Crippen LogP contribution in [0.3, 0.4) is 0 Å². The van der Waals surface area contributed by atoms with Crippen LogP contribution in [-0.2, 0) is 38.3 Å². The Morgan fingerprint density at radius 3 is 2.62 bits per heavy atom. The molecule has 1 N–H and O–H groups in total. The summed E-state index contributed by atoms with van der Waals surface area (Å²) in [5, 5.41) is 17.9. The summed E-state index contributed by atoms with van der Waals surface area (Å²) >= 11 is 0. The van der Waals surface area contributed by atoms with Crippen molar-refractivity contribution in [1.82, 2.24) is 15.0 Å². The molecule has 2 amide bonds. The molecule has 3 aliphatic heterocycles. The van der Waals surface area contributed by atoms with Gasteiger partial charge in [0.2, 0.25) is 0 Å². The number of amides is 2. The Morgan fingerprint density at radius 2 is 1.88 bits per heavy atom. The van der Waals surface area contributed by atoms with Crippen molar-refractivity contribution in [2.24, 2.45) is 11.8 Å². The molecule has 0 unspecified atom stereocenters. The first-order chi connectivity index (χ1) is 24.1. The van der Waals surface area contributed by atoms with Gasteiger partial charge in [-0.1, -0.05) is 56.3 Å². The van der Waals surface area contributed by atoms with Gasteiger partial charge in [0.15, 0.2) is 12.2 Å². The topological polar surface area (TPSA) is 119 Å². The summed E-state index contributed by atoms with van der Waals surface area (Å²) in [4.78, 5) is 31.7. The van der Waals surface area contributed by atoms with Crippen LogP contribution in [0.1, 0.15) is 44.0 Å². The second-order valence-corrected chi connectivity index (χ2v) is 13.8. The van der Waals surface area contributed by atoms with Gasteiger partial charge in [0.05, 0.1) is 30.3 Å². The van der Waals surface area contributed by atoms with Crippen molar-refractivity contribution in [3.05, 3.63) is 102 Å². The van der Waals surface area contributed by atoms with E-state index in [0.717, 1.165) is 22.6 Å². The zero-order valence-electron chi connectivity index (χ0n) is 28.9. The molecular formula is C39H43N5O6. The molecule has 11 heteroatoms. The normalized spacial score (nSPS) is 22.9. The third-order valence-electron chi connectivity index (χ3n) is 10.7. The lowest BCUT2D eigenvalue weighted by Crippen LogP contribution is -2.46. The summed E-state index contributed by atoms with van der Waals surface area (Å²) in [5.41, 5.74) is 2.81. The lowest BCUT2D eigenvalue weighted by Gasteiger charge is -2.39. The minimum absolute atomic E-state index is 0.00502. The molecule has 7 rings (SSSR count). The number of nitrogens with zero attached hydrogens (tertiary/aromatic N) is 5. The molecule has 1 spiro atoms. The van der Waals surface area contributed by atoms with E-state index in [1.54, 1.807) is 27.7 Å². The third-order valence-corrected chi connectivity index (χ3v) is 10.7. The minimum atomic E-state index is -1.33. The number of benzene rings is 3. The molecule has 260 valence electrons. The molecule has 1 aromatic heterocycles. The number of anilines is 3. The summed E-state index contributed by atoms with van der Waals surface area (Å²) in [6.45, 7) is 11.2.